The maximum atomic E-state index is 13.5. The Hall–Kier alpha value is -3.72. The number of primary amides is 1. The second-order valence-electron chi connectivity index (χ2n) is 8.26. The Morgan fingerprint density at radius 1 is 1.18 bits per heavy atom. The number of amides is 2. The molecule has 1 aliphatic heterocycles. The minimum Gasteiger partial charge on any atom is -0.395 e. The van der Waals surface area contributed by atoms with Crippen molar-refractivity contribution >= 4 is 17.5 Å². The first kappa shape index (κ1) is 24.9. The van der Waals surface area contributed by atoms with Crippen molar-refractivity contribution in [3.8, 4) is 5.69 Å². The molecular formula is C25H31FN6O2. The molecule has 2 heterocycles. The lowest BCUT2D eigenvalue weighted by atomic mass is 9.93. The molecule has 180 valence electrons. The van der Waals surface area contributed by atoms with Gasteiger partial charge in [-0.2, -0.15) is 5.10 Å². The highest BCUT2D eigenvalue weighted by Gasteiger charge is 2.27. The number of hydrogen-bond acceptors (Lipinski definition) is 5. The molecule has 6 N–H and O–H groups in total. The zero-order valence-corrected chi connectivity index (χ0v) is 18.4. The maximum absolute atomic E-state index is 13.5. The average Bonchev–Trinajstić information content (AvgIpc) is 3.17. The Bertz CT molecular complexity index is 1180. The molecular weight excluding hydrogens is 435 g/mol. The van der Waals surface area contributed by atoms with Crippen molar-refractivity contribution in [2.75, 3.05) is 18.8 Å². The van der Waals surface area contributed by atoms with E-state index in [1.54, 1.807) is 25.1 Å². The molecule has 0 unspecified atom stereocenters. The normalized spacial score (nSPS) is 13.8. The van der Waals surface area contributed by atoms with E-state index in [1.807, 2.05) is 12.1 Å². The Morgan fingerprint density at radius 2 is 1.85 bits per heavy atom. The topological polar surface area (TPSA) is 128 Å². The van der Waals surface area contributed by atoms with Crippen LogP contribution in [0.25, 0.3) is 5.69 Å². The van der Waals surface area contributed by atoms with Crippen molar-refractivity contribution in [2.45, 2.75) is 39.7 Å². The summed E-state index contributed by atoms with van der Waals surface area (Å²) in [6, 6.07) is 11.3. The second kappa shape index (κ2) is 10.5. The number of nitrogens with two attached hydrogens (primary N) is 2. The van der Waals surface area contributed by atoms with Crippen LogP contribution in [0.2, 0.25) is 0 Å². The zero-order chi connectivity index (χ0) is 23.5. The smallest absolute Gasteiger partial charge is 0.269 e. The standard InChI is InChI=1S/C24H27FN6O2.CH4/c1-14-2-5-17(25)12-19(14)24(33)29-13-15-3-6-18(7-4-15)31-22(23(27)32)20(26)21(30-31)16-8-10-28-11-9-16;/h2-7,12,16,28H,8-11,13,26H2,1H3,(H2,27,32)(H,29,33);1H4. The molecule has 4 rings (SSSR count). The molecule has 2 aromatic carbocycles. The van der Waals surface area contributed by atoms with Crippen LogP contribution in [-0.2, 0) is 6.54 Å². The molecule has 8 nitrogen and oxygen atoms in total. The number of nitrogen functional groups attached to an aromatic ring is 1. The average molecular weight is 467 g/mol. The summed E-state index contributed by atoms with van der Waals surface area (Å²) in [5.41, 5.74) is 15.6. The molecule has 0 spiro atoms. The fourth-order valence-corrected chi connectivity index (χ4v) is 4.14. The predicted octanol–water partition coefficient (Wildman–Crippen LogP) is 3.03. The minimum absolute atomic E-state index is 0. The van der Waals surface area contributed by atoms with Gasteiger partial charge in [-0.25, -0.2) is 9.07 Å². The van der Waals surface area contributed by atoms with Gasteiger partial charge in [0.1, 0.15) is 5.82 Å². The van der Waals surface area contributed by atoms with Gasteiger partial charge in [0.05, 0.1) is 17.1 Å². The Morgan fingerprint density at radius 3 is 2.50 bits per heavy atom. The molecule has 0 atom stereocenters. The summed E-state index contributed by atoms with van der Waals surface area (Å²) in [5.74, 6) is -1.27. The largest absolute Gasteiger partial charge is 0.395 e. The third kappa shape index (κ3) is 5.09. The third-order valence-corrected chi connectivity index (χ3v) is 5.99. The summed E-state index contributed by atoms with van der Waals surface area (Å²) in [5, 5.41) is 10.8. The van der Waals surface area contributed by atoms with E-state index in [0.717, 1.165) is 31.5 Å². The van der Waals surface area contributed by atoms with Gasteiger partial charge >= 0.3 is 0 Å². The van der Waals surface area contributed by atoms with E-state index in [1.165, 1.54) is 16.8 Å². The summed E-state index contributed by atoms with van der Waals surface area (Å²) in [6.07, 6.45) is 1.78. The van der Waals surface area contributed by atoms with Gasteiger partial charge in [0.15, 0.2) is 5.69 Å². The van der Waals surface area contributed by atoms with Crippen LogP contribution in [0.1, 0.15) is 63.9 Å². The van der Waals surface area contributed by atoms with Crippen molar-refractivity contribution in [1.29, 1.82) is 0 Å². The van der Waals surface area contributed by atoms with Crippen molar-refractivity contribution in [3.63, 3.8) is 0 Å². The molecule has 1 saturated heterocycles. The lowest BCUT2D eigenvalue weighted by Gasteiger charge is -2.21. The van der Waals surface area contributed by atoms with Crippen LogP contribution in [0.15, 0.2) is 42.5 Å². The van der Waals surface area contributed by atoms with Gasteiger partial charge in [-0.05, 0) is 68.2 Å². The summed E-state index contributed by atoms with van der Waals surface area (Å²) in [7, 11) is 0. The molecule has 1 aliphatic rings. The van der Waals surface area contributed by atoms with Crippen LogP contribution in [-0.4, -0.2) is 34.7 Å². The van der Waals surface area contributed by atoms with E-state index < -0.39 is 11.7 Å². The van der Waals surface area contributed by atoms with Gasteiger partial charge in [0.2, 0.25) is 0 Å². The number of aryl methyl sites for hydroxylation is 1. The van der Waals surface area contributed by atoms with Crippen molar-refractivity contribution in [1.82, 2.24) is 20.4 Å². The van der Waals surface area contributed by atoms with Crippen LogP contribution in [0.4, 0.5) is 10.1 Å². The van der Waals surface area contributed by atoms with Gasteiger partial charge in [0, 0.05) is 18.0 Å². The monoisotopic (exact) mass is 466 g/mol. The highest BCUT2D eigenvalue weighted by Crippen LogP contribution is 2.32. The van der Waals surface area contributed by atoms with Gasteiger partial charge in [0.25, 0.3) is 11.8 Å². The summed E-state index contributed by atoms with van der Waals surface area (Å²) >= 11 is 0. The first-order valence-electron chi connectivity index (χ1n) is 10.9. The first-order chi connectivity index (χ1) is 15.8. The Labute approximate surface area is 198 Å². The van der Waals surface area contributed by atoms with Crippen molar-refractivity contribution in [2.24, 2.45) is 5.73 Å². The summed E-state index contributed by atoms with van der Waals surface area (Å²) in [4.78, 5) is 24.6. The number of hydrogen-bond donors (Lipinski definition) is 4. The zero-order valence-electron chi connectivity index (χ0n) is 18.4. The first-order valence-corrected chi connectivity index (χ1v) is 10.9. The number of halogens is 1. The van der Waals surface area contributed by atoms with Crippen molar-refractivity contribution < 1.29 is 14.0 Å². The van der Waals surface area contributed by atoms with E-state index in [-0.39, 0.29) is 31.5 Å². The quantitative estimate of drug-likeness (QED) is 0.444. The number of nitrogens with zero attached hydrogens (tertiary/aromatic N) is 2. The van der Waals surface area contributed by atoms with Crippen LogP contribution >= 0.6 is 0 Å². The molecule has 3 aromatic rings. The SMILES string of the molecule is C.Cc1ccc(F)cc1C(=O)NCc1ccc(-n2nc(C3CCNCC3)c(N)c2C(N)=O)cc1. The summed E-state index contributed by atoms with van der Waals surface area (Å²) in [6.45, 7) is 3.77. The molecule has 1 aromatic heterocycles. The molecule has 34 heavy (non-hydrogen) atoms. The number of nitrogens with one attached hydrogen (secondary N) is 2. The summed E-state index contributed by atoms with van der Waals surface area (Å²) < 4.78 is 15.0. The van der Waals surface area contributed by atoms with Crippen LogP contribution in [0.5, 0.6) is 0 Å². The lowest BCUT2D eigenvalue weighted by Crippen LogP contribution is -2.27. The van der Waals surface area contributed by atoms with Crippen LogP contribution < -0.4 is 22.1 Å². The van der Waals surface area contributed by atoms with Crippen molar-refractivity contribution in [3.05, 3.63) is 76.4 Å². The molecule has 0 radical (unpaired) electrons. The third-order valence-electron chi connectivity index (χ3n) is 5.99. The number of rotatable bonds is 6. The molecule has 0 saturated carbocycles. The van der Waals surface area contributed by atoms with E-state index in [4.69, 9.17) is 11.5 Å². The molecule has 2 amide bonds. The Balaban J connectivity index is 0.00000324. The number of piperidine rings is 1. The van der Waals surface area contributed by atoms with E-state index in [2.05, 4.69) is 15.7 Å². The molecule has 9 heteroatoms. The number of anilines is 1. The minimum atomic E-state index is -0.637. The Kier molecular flexibility index (Phi) is 7.68. The highest BCUT2D eigenvalue weighted by atomic mass is 19.1. The predicted molar refractivity (Wildman–Crippen MR) is 130 cm³/mol. The van der Waals surface area contributed by atoms with Gasteiger partial charge in [-0.15, -0.1) is 0 Å². The number of carbonyl (C=O) groups is 2. The van der Waals surface area contributed by atoms with E-state index in [9.17, 15) is 14.0 Å². The lowest BCUT2D eigenvalue weighted by molar-refractivity contribution is 0.0948. The maximum Gasteiger partial charge on any atom is 0.269 e. The number of aromatic nitrogens is 2. The van der Waals surface area contributed by atoms with Crippen LogP contribution in [0, 0.1) is 12.7 Å². The van der Waals surface area contributed by atoms with Gasteiger partial charge in [-0.1, -0.05) is 25.6 Å². The molecule has 0 aliphatic carbocycles. The van der Waals surface area contributed by atoms with E-state index in [0.29, 0.717) is 28.2 Å². The van der Waals surface area contributed by atoms with Crippen LogP contribution in [0.3, 0.4) is 0 Å². The fraction of sp³-hybridized carbons (Fsp3) is 0.320. The number of carbonyl (C=O) groups excluding carboxylic acids is 2. The number of benzene rings is 2. The molecule has 0 bridgehead atoms. The van der Waals surface area contributed by atoms with Gasteiger partial charge < -0.3 is 22.1 Å². The van der Waals surface area contributed by atoms with E-state index >= 15 is 0 Å². The second-order valence-corrected chi connectivity index (χ2v) is 8.26. The fourth-order valence-electron chi connectivity index (χ4n) is 4.14. The van der Waals surface area contributed by atoms with Gasteiger partial charge in [-0.3, -0.25) is 9.59 Å². The molecule has 1 fully saturated rings. The highest BCUT2D eigenvalue weighted by molar-refractivity contribution is 5.97.